The van der Waals surface area contributed by atoms with Crippen molar-refractivity contribution in [1.29, 1.82) is 0 Å². The number of primary amides is 1. The Balaban J connectivity index is 2.05. The number of benzene rings is 3. The smallest absolute Gasteiger partial charge is 0.417 e. The van der Waals surface area contributed by atoms with Gasteiger partial charge in [-0.1, -0.05) is 12.1 Å². The van der Waals surface area contributed by atoms with Gasteiger partial charge >= 0.3 is 6.18 Å². The van der Waals surface area contributed by atoms with Gasteiger partial charge in [0.15, 0.2) is 0 Å². The number of hydrogen-bond donors (Lipinski definition) is 2. The molecule has 0 aliphatic heterocycles. The summed E-state index contributed by atoms with van der Waals surface area (Å²) in [4.78, 5) is 24.2. The molecule has 3 aromatic rings. The first-order valence-corrected chi connectivity index (χ1v) is 8.91. The monoisotopic (exact) mass is 432 g/mol. The Morgan fingerprint density at radius 1 is 0.968 bits per heavy atom. The molecule has 0 saturated carbocycles. The molecule has 0 saturated heterocycles. The fraction of sp³-hybridized carbons (Fsp3) is 0.0909. The molecule has 0 atom stereocenters. The number of ether oxygens (including phenoxy) is 1. The van der Waals surface area contributed by atoms with Crippen molar-refractivity contribution < 1.29 is 31.9 Å². The SMILES string of the molecule is Cc1cc(F)ccc1Oc1cccc(C(F)(F)F)c1C(=O)Nc1cccc(C(N)=O)c1. The van der Waals surface area contributed by atoms with Gasteiger partial charge in [-0.15, -0.1) is 0 Å². The number of anilines is 1. The molecule has 31 heavy (non-hydrogen) atoms. The molecule has 0 unspecified atom stereocenters. The predicted octanol–water partition coefficient (Wildman–Crippen LogP) is 5.30. The van der Waals surface area contributed by atoms with Gasteiger partial charge in [-0.05, 0) is 61.0 Å². The van der Waals surface area contributed by atoms with Crippen LogP contribution in [0.1, 0.15) is 31.8 Å². The molecular formula is C22H16F4N2O3. The first kappa shape index (κ1) is 21.8. The lowest BCUT2D eigenvalue weighted by molar-refractivity contribution is -0.138. The average Bonchev–Trinajstić information content (AvgIpc) is 2.69. The highest BCUT2D eigenvalue weighted by atomic mass is 19.4. The van der Waals surface area contributed by atoms with E-state index in [1.165, 1.54) is 43.3 Å². The summed E-state index contributed by atoms with van der Waals surface area (Å²) < 4.78 is 59.8. The van der Waals surface area contributed by atoms with Crippen molar-refractivity contribution in [2.24, 2.45) is 5.73 Å². The van der Waals surface area contributed by atoms with Gasteiger partial charge in [-0.3, -0.25) is 9.59 Å². The van der Waals surface area contributed by atoms with Crippen LogP contribution in [0.2, 0.25) is 0 Å². The Labute approximate surface area is 174 Å². The van der Waals surface area contributed by atoms with Crippen LogP contribution >= 0.6 is 0 Å². The van der Waals surface area contributed by atoms with Crippen LogP contribution in [-0.4, -0.2) is 11.8 Å². The summed E-state index contributed by atoms with van der Waals surface area (Å²) >= 11 is 0. The number of rotatable bonds is 5. The van der Waals surface area contributed by atoms with Crippen LogP contribution in [0.3, 0.4) is 0 Å². The first-order valence-electron chi connectivity index (χ1n) is 8.91. The number of carbonyl (C=O) groups is 2. The maximum absolute atomic E-state index is 13.6. The van der Waals surface area contributed by atoms with E-state index in [0.717, 1.165) is 24.3 Å². The summed E-state index contributed by atoms with van der Waals surface area (Å²) in [6, 6.07) is 12.0. The van der Waals surface area contributed by atoms with E-state index in [0.29, 0.717) is 5.56 Å². The minimum atomic E-state index is -4.85. The molecule has 0 heterocycles. The number of amides is 2. The van der Waals surface area contributed by atoms with Crippen molar-refractivity contribution in [3.05, 3.63) is 88.7 Å². The Kier molecular flexibility index (Phi) is 5.96. The zero-order valence-electron chi connectivity index (χ0n) is 16.1. The Morgan fingerprint density at radius 3 is 2.32 bits per heavy atom. The maximum Gasteiger partial charge on any atom is 0.417 e. The van der Waals surface area contributed by atoms with E-state index < -0.39 is 34.9 Å². The number of alkyl halides is 3. The summed E-state index contributed by atoms with van der Waals surface area (Å²) in [5.74, 6) is -2.69. The lowest BCUT2D eigenvalue weighted by Crippen LogP contribution is -2.20. The van der Waals surface area contributed by atoms with E-state index >= 15 is 0 Å². The second-order valence-corrected chi connectivity index (χ2v) is 6.59. The average molecular weight is 432 g/mol. The Bertz CT molecular complexity index is 1160. The van der Waals surface area contributed by atoms with Crippen molar-refractivity contribution in [3.8, 4) is 11.5 Å². The molecule has 0 bridgehead atoms. The molecule has 2 amide bonds. The van der Waals surface area contributed by atoms with E-state index in [1.807, 2.05) is 0 Å². The van der Waals surface area contributed by atoms with Crippen molar-refractivity contribution >= 4 is 17.5 Å². The summed E-state index contributed by atoms with van der Waals surface area (Å²) in [7, 11) is 0. The van der Waals surface area contributed by atoms with E-state index in [9.17, 15) is 27.2 Å². The van der Waals surface area contributed by atoms with Crippen LogP contribution in [0.4, 0.5) is 23.2 Å². The summed E-state index contributed by atoms with van der Waals surface area (Å²) in [5, 5.41) is 2.33. The zero-order valence-corrected chi connectivity index (χ0v) is 16.1. The minimum absolute atomic E-state index is 0.0697. The van der Waals surface area contributed by atoms with Gasteiger partial charge in [0.25, 0.3) is 5.91 Å². The summed E-state index contributed by atoms with van der Waals surface area (Å²) in [6.45, 7) is 1.51. The Morgan fingerprint density at radius 2 is 1.68 bits per heavy atom. The summed E-state index contributed by atoms with van der Waals surface area (Å²) in [5.41, 5.74) is 3.69. The molecule has 5 nitrogen and oxygen atoms in total. The van der Waals surface area contributed by atoms with Crippen LogP contribution < -0.4 is 15.8 Å². The molecule has 3 N–H and O–H groups in total. The van der Waals surface area contributed by atoms with Crippen molar-refractivity contribution in [2.45, 2.75) is 13.1 Å². The molecule has 0 spiro atoms. The number of carbonyl (C=O) groups excluding carboxylic acids is 2. The fourth-order valence-corrected chi connectivity index (χ4v) is 2.88. The van der Waals surface area contributed by atoms with E-state index in [1.54, 1.807) is 0 Å². The topological polar surface area (TPSA) is 81.4 Å². The van der Waals surface area contributed by atoms with Gasteiger partial charge in [-0.25, -0.2) is 4.39 Å². The second kappa shape index (κ2) is 8.47. The molecule has 0 aliphatic rings. The Hall–Kier alpha value is -3.88. The molecule has 3 rings (SSSR count). The lowest BCUT2D eigenvalue weighted by atomic mass is 10.0. The van der Waals surface area contributed by atoms with Crippen molar-refractivity contribution in [2.75, 3.05) is 5.32 Å². The number of aryl methyl sites for hydroxylation is 1. The molecule has 9 heteroatoms. The predicted molar refractivity (Wildman–Crippen MR) is 106 cm³/mol. The second-order valence-electron chi connectivity index (χ2n) is 6.59. The van der Waals surface area contributed by atoms with Gasteiger partial charge in [-0.2, -0.15) is 13.2 Å². The number of halogens is 4. The third-order valence-electron chi connectivity index (χ3n) is 4.32. The molecule has 0 aromatic heterocycles. The molecule has 0 radical (unpaired) electrons. The minimum Gasteiger partial charge on any atom is -0.456 e. The van der Waals surface area contributed by atoms with Gasteiger partial charge < -0.3 is 15.8 Å². The summed E-state index contributed by atoms with van der Waals surface area (Å²) in [6.07, 6.45) is -4.85. The van der Waals surface area contributed by atoms with Crippen LogP contribution in [0.25, 0.3) is 0 Å². The highest BCUT2D eigenvalue weighted by Gasteiger charge is 2.37. The van der Waals surface area contributed by atoms with Gasteiger partial charge in [0.05, 0.1) is 11.1 Å². The zero-order chi connectivity index (χ0) is 22.8. The highest BCUT2D eigenvalue weighted by Crippen LogP contribution is 2.38. The van der Waals surface area contributed by atoms with E-state index in [4.69, 9.17) is 10.5 Å². The van der Waals surface area contributed by atoms with Crippen molar-refractivity contribution in [3.63, 3.8) is 0 Å². The lowest BCUT2D eigenvalue weighted by Gasteiger charge is -2.18. The van der Waals surface area contributed by atoms with Crippen molar-refractivity contribution in [1.82, 2.24) is 0 Å². The number of nitrogens with two attached hydrogens (primary N) is 1. The van der Waals surface area contributed by atoms with Gasteiger partial charge in [0, 0.05) is 11.3 Å². The van der Waals surface area contributed by atoms with Gasteiger partial charge in [0.2, 0.25) is 5.91 Å². The number of nitrogens with one attached hydrogen (secondary N) is 1. The normalized spacial score (nSPS) is 11.1. The van der Waals surface area contributed by atoms with E-state index in [-0.39, 0.29) is 22.7 Å². The van der Waals surface area contributed by atoms with Gasteiger partial charge in [0.1, 0.15) is 17.3 Å². The van der Waals surface area contributed by atoms with Crippen LogP contribution in [-0.2, 0) is 6.18 Å². The first-order chi connectivity index (χ1) is 14.6. The highest BCUT2D eigenvalue weighted by molar-refractivity contribution is 6.08. The third kappa shape index (κ3) is 5.00. The molecule has 0 aliphatic carbocycles. The van der Waals surface area contributed by atoms with Crippen LogP contribution in [0, 0.1) is 12.7 Å². The number of hydrogen-bond acceptors (Lipinski definition) is 3. The van der Waals surface area contributed by atoms with Crippen LogP contribution in [0.5, 0.6) is 11.5 Å². The largest absolute Gasteiger partial charge is 0.456 e. The standard InChI is InChI=1S/C22H16F4N2O3/c1-12-10-14(23)8-9-17(12)31-18-7-3-6-16(22(24,25)26)19(18)21(30)28-15-5-2-4-13(11-15)20(27)29/h2-11H,1H3,(H2,27,29)(H,28,30). The maximum atomic E-state index is 13.6. The fourth-order valence-electron chi connectivity index (χ4n) is 2.88. The van der Waals surface area contributed by atoms with E-state index in [2.05, 4.69) is 5.32 Å². The molecule has 3 aromatic carbocycles. The molecule has 0 fully saturated rings. The quantitative estimate of drug-likeness (QED) is 0.537. The molecular weight excluding hydrogens is 416 g/mol. The molecule has 160 valence electrons. The third-order valence-corrected chi connectivity index (χ3v) is 4.32. The van der Waals surface area contributed by atoms with Crippen LogP contribution in [0.15, 0.2) is 60.7 Å².